The molecule has 1 fully saturated rings. The Morgan fingerprint density at radius 3 is 2.43 bits per heavy atom. The van der Waals surface area contributed by atoms with Crippen LogP contribution in [-0.4, -0.2) is 40.2 Å². The second kappa shape index (κ2) is 8.60. The van der Waals surface area contributed by atoms with Gasteiger partial charge in [0.2, 0.25) is 5.88 Å². The van der Waals surface area contributed by atoms with Gasteiger partial charge in [-0.05, 0) is 44.6 Å². The first-order valence-electron chi connectivity index (χ1n) is 8.71. The van der Waals surface area contributed by atoms with Crippen LogP contribution in [0.15, 0.2) is 12.1 Å². The SMILES string of the molecule is CC(COC(C)C)CC(C)Cc1ccc(OC2CC(O)C2)nn1. The summed E-state index contributed by atoms with van der Waals surface area (Å²) in [6, 6.07) is 3.87. The minimum atomic E-state index is -0.213. The molecule has 0 radical (unpaired) electrons. The van der Waals surface area contributed by atoms with Gasteiger partial charge in [0.05, 0.1) is 17.9 Å². The van der Waals surface area contributed by atoms with Crippen LogP contribution in [0.2, 0.25) is 0 Å². The highest BCUT2D eigenvalue weighted by Crippen LogP contribution is 2.24. The maximum Gasteiger partial charge on any atom is 0.233 e. The first kappa shape index (κ1) is 18.1. The number of hydrogen-bond acceptors (Lipinski definition) is 5. The molecule has 130 valence electrons. The van der Waals surface area contributed by atoms with Crippen LogP contribution >= 0.6 is 0 Å². The molecular weight excluding hydrogens is 292 g/mol. The molecule has 0 saturated heterocycles. The zero-order chi connectivity index (χ0) is 16.8. The summed E-state index contributed by atoms with van der Waals surface area (Å²) in [6.45, 7) is 9.43. The number of hydrogen-bond donors (Lipinski definition) is 1. The van der Waals surface area contributed by atoms with Crippen molar-refractivity contribution in [1.82, 2.24) is 10.2 Å². The van der Waals surface area contributed by atoms with E-state index in [1.54, 1.807) is 0 Å². The first-order chi connectivity index (χ1) is 10.9. The third-order valence-electron chi connectivity index (χ3n) is 4.13. The second-order valence-electron chi connectivity index (χ2n) is 7.26. The fraction of sp³-hybridized carbons (Fsp3) is 0.778. The van der Waals surface area contributed by atoms with Gasteiger partial charge in [0.25, 0.3) is 0 Å². The lowest BCUT2D eigenvalue weighted by Gasteiger charge is -2.30. The van der Waals surface area contributed by atoms with Crippen molar-refractivity contribution in [1.29, 1.82) is 0 Å². The van der Waals surface area contributed by atoms with Gasteiger partial charge >= 0.3 is 0 Å². The second-order valence-corrected chi connectivity index (χ2v) is 7.26. The smallest absolute Gasteiger partial charge is 0.233 e. The summed E-state index contributed by atoms with van der Waals surface area (Å²) in [6.07, 6.45) is 3.59. The molecule has 0 spiro atoms. The lowest BCUT2D eigenvalue weighted by atomic mass is 9.92. The molecule has 1 aliphatic carbocycles. The Bertz CT molecular complexity index is 458. The Morgan fingerprint density at radius 2 is 1.87 bits per heavy atom. The third kappa shape index (κ3) is 6.43. The van der Waals surface area contributed by atoms with E-state index in [1.165, 1.54) is 0 Å². The molecule has 2 unspecified atom stereocenters. The molecule has 1 aromatic heterocycles. The molecule has 0 aromatic carbocycles. The van der Waals surface area contributed by atoms with Gasteiger partial charge in [-0.25, -0.2) is 0 Å². The van der Waals surface area contributed by atoms with E-state index >= 15 is 0 Å². The van der Waals surface area contributed by atoms with Gasteiger partial charge in [0.15, 0.2) is 0 Å². The Kier molecular flexibility index (Phi) is 6.78. The van der Waals surface area contributed by atoms with E-state index in [2.05, 4.69) is 37.9 Å². The summed E-state index contributed by atoms with van der Waals surface area (Å²) in [7, 11) is 0. The maximum atomic E-state index is 9.26. The fourth-order valence-electron chi connectivity index (χ4n) is 2.88. The van der Waals surface area contributed by atoms with E-state index in [9.17, 15) is 5.11 Å². The monoisotopic (exact) mass is 322 g/mol. The number of aromatic nitrogens is 2. The maximum absolute atomic E-state index is 9.26. The topological polar surface area (TPSA) is 64.5 Å². The van der Waals surface area contributed by atoms with Gasteiger partial charge < -0.3 is 14.6 Å². The summed E-state index contributed by atoms with van der Waals surface area (Å²) >= 11 is 0. The van der Waals surface area contributed by atoms with E-state index in [-0.39, 0.29) is 12.2 Å². The molecule has 23 heavy (non-hydrogen) atoms. The van der Waals surface area contributed by atoms with E-state index in [0.717, 1.165) is 25.1 Å². The fourth-order valence-corrected chi connectivity index (χ4v) is 2.88. The van der Waals surface area contributed by atoms with Crippen molar-refractivity contribution in [2.24, 2.45) is 11.8 Å². The highest BCUT2D eigenvalue weighted by molar-refractivity contribution is 5.12. The normalized spacial score (nSPS) is 23.4. The lowest BCUT2D eigenvalue weighted by molar-refractivity contribution is -0.0132. The van der Waals surface area contributed by atoms with Crippen molar-refractivity contribution >= 4 is 0 Å². The van der Waals surface area contributed by atoms with Crippen LogP contribution in [0.25, 0.3) is 0 Å². The molecule has 1 heterocycles. The van der Waals surface area contributed by atoms with Gasteiger partial charge in [0, 0.05) is 25.5 Å². The number of aliphatic hydroxyl groups is 1. The molecule has 2 atom stereocenters. The summed E-state index contributed by atoms with van der Waals surface area (Å²) in [5.74, 6) is 1.65. The Labute approximate surface area is 139 Å². The molecule has 1 aromatic rings. The summed E-state index contributed by atoms with van der Waals surface area (Å²) in [5.41, 5.74) is 0.996. The molecule has 0 amide bonds. The number of aliphatic hydroxyl groups excluding tert-OH is 1. The average molecular weight is 322 g/mol. The molecular formula is C18H30N2O3. The lowest BCUT2D eigenvalue weighted by Crippen LogP contribution is -2.37. The van der Waals surface area contributed by atoms with Gasteiger partial charge in [-0.1, -0.05) is 13.8 Å². The van der Waals surface area contributed by atoms with Crippen LogP contribution in [0, 0.1) is 11.8 Å². The molecule has 1 N–H and O–H groups in total. The minimum Gasteiger partial charge on any atom is -0.473 e. The van der Waals surface area contributed by atoms with Gasteiger partial charge in [-0.3, -0.25) is 0 Å². The van der Waals surface area contributed by atoms with E-state index in [0.29, 0.717) is 36.7 Å². The van der Waals surface area contributed by atoms with Gasteiger partial charge in [-0.2, -0.15) is 5.10 Å². The molecule has 1 aliphatic rings. The zero-order valence-electron chi connectivity index (χ0n) is 14.7. The van der Waals surface area contributed by atoms with Crippen LogP contribution in [0.4, 0.5) is 0 Å². The summed E-state index contributed by atoms with van der Waals surface area (Å²) in [4.78, 5) is 0. The first-order valence-corrected chi connectivity index (χ1v) is 8.71. The molecule has 5 nitrogen and oxygen atoms in total. The highest BCUT2D eigenvalue weighted by atomic mass is 16.5. The van der Waals surface area contributed by atoms with Crippen LogP contribution < -0.4 is 4.74 Å². The predicted octanol–water partition coefficient (Wildman–Crippen LogP) is 3.01. The van der Waals surface area contributed by atoms with Crippen molar-refractivity contribution in [3.63, 3.8) is 0 Å². The Hall–Kier alpha value is -1.20. The van der Waals surface area contributed by atoms with Crippen LogP contribution in [0.1, 0.15) is 52.7 Å². The molecule has 5 heteroatoms. The summed E-state index contributed by atoms with van der Waals surface area (Å²) in [5, 5.41) is 17.7. The standard InChI is InChI=1S/C18H30N2O3/c1-12(2)22-11-14(4)7-13(3)8-15-5-6-18(20-19-15)23-17-9-16(21)10-17/h5-6,12-14,16-17,21H,7-11H2,1-4H3. The Balaban J connectivity index is 1.72. The summed E-state index contributed by atoms with van der Waals surface area (Å²) < 4.78 is 11.3. The molecule has 1 saturated carbocycles. The third-order valence-corrected chi connectivity index (χ3v) is 4.13. The van der Waals surface area contributed by atoms with Gasteiger partial charge in [0.1, 0.15) is 6.10 Å². The van der Waals surface area contributed by atoms with Crippen molar-refractivity contribution in [3.8, 4) is 5.88 Å². The van der Waals surface area contributed by atoms with E-state index < -0.39 is 0 Å². The van der Waals surface area contributed by atoms with E-state index in [1.807, 2.05) is 12.1 Å². The average Bonchev–Trinajstić information content (AvgIpc) is 2.45. The van der Waals surface area contributed by atoms with Crippen LogP contribution in [0.5, 0.6) is 5.88 Å². The molecule has 0 aliphatic heterocycles. The zero-order valence-corrected chi connectivity index (χ0v) is 14.7. The minimum absolute atomic E-state index is 0.0888. The van der Waals surface area contributed by atoms with E-state index in [4.69, 9.17) is 9.47 Å². The van der Waals surface area contributed by atoms with Crippen LogP contribution in [-0.2, 0) is 11.2 Å². The largest absolute Gasteiger partial charge is 0.473 e. The van der Waals surface area contributed by atoms with Crippen molar-refractivity contribution < 1.29 is 14.6 Å². The quantitative estimate of drug-likeness (QED) is 0.757. The van der Waals surface area contributed by atoms with Crippen molar-refractivity contribution in [2.45, 2.75) is 71.7 Å². The Morgan fingerprint density at radius 1 is 1.13 bits per heavy atom. The van der Waals surface area contributed by atoms with Gasteiger partial charge in [-0.15, -0.1) is 5.10 Å². The predicted molar refractivity (Wildman–Crippen MR) is 89.4 cm³/mol. The van der Waals surface area contributed by atoms with Crippen molar-refractivity contribution in [3.05, 3.63) is 17.8 Å². The van der Waals surface area contributed by atoms with Crippen LogP contribution in [0.3, 0.4) is 0 Å². The van der Waals surface area contributed by atoms with Crippen molar-refractivity contribution in [2.75, 3.05) is 6.61 Å². The number of nitrogens with zero attached hydrogens (tertiary/aromatic N) is 2. The molecule has 2 rings (SSSR count). The molecule has 0 bridgehead atoms. The number of rotatable bonds is 9. The highest BCUT2D eigenvalue weighted by Gasteiger charge is 2.29. The number of ether oxygens (including phenoxy) is 2.